The van der Waals surface area contributed by atoms with Crippen molar-refractivity contribution in [2.45, 2.75) is 39.5 Å². The molecule has 2 aromatic rings. The van der Waals surface area contributed by atoms with E-state index in [9.17, 15) is 14.4 Å². The minimum Gasteiger partial charge on any atom is -0.483 e. The molecule has 1 aliphatic heterocycles. The van der Waals surface area contributed by atoms with Gasteiger partial charge in [-0.15, -0.1) is 0 Å². The predicted molar refractivity (Wildman–Crippen MR) is 144 cm³/mol. The Hall–Kier alpha value is -3.49. The van der Waals surface area contributed by atoms with Crippen molar-refractivity contribution in [1.82, 2.24) is 0 Å². The van der Waals surface area contributed by atoms with Gasteiger partial charge in [0.2, 0.25) is 5.88 Å². The number of allylic oxidation sites excluding steroid dienone is 2. The second-order valence-electron chi connectivity index (χ2n) is 9.81. The van der Waals surface area contributed by atoms with Crippen LogP contribution >= 0.6 is 23.2 Å². The highest BCUT2D eigenvalue weighted by Crippen LogP contribution is 2.49. The third-order valence-electron chi connectivity index (χ3n) is 6.24. The molecule has 0 fully saturated rings. The molecule has 4 rings (SSSR count). The topological polar surface area (TPSA) is 117 Å². The van der Waals surface area contributed by atoms with E-state index in [1.54, 1.807) is 43.3 Å². The van der Waals surface area contributed by atoms with Crippen molar-refractivity contribution in [3.05, 3.63) is 80.9 Å². The van der Waals surface area contributed by atoms with Crippen molar-refractivity contribution in [3.63, 3.8) is 0 Å². The van der Waals surface area contributed by atoms with Gasteiger partial charge in [0, 0.05) is 29.0 Å². The number of hydrogen-bond donors (Lipinski definition) is 2. The molecule has 200 valence electrons. The molecule has 0 spiro atoms. The number of nitrogens with one attached hydrogen (secondary N) is 1. The molecule has 2 aromatic carbocycles. The Labute approximate surface area is 230 Å². The van der Waals surface area contributed by atoms with Crippen LogP contribution in [-0.4, -0.2) is 30.9 Å². The number of ketones is 1. The number of hydrogen-bond acceptors (Lipinski definition) is 7. The first-order valence-electron chi connectivity index (χ1n) is 12.1. The van der Waals surface area contributed by atoms with Crippen LogP contribution in [0.25, 0.3) is 0 Å². The molecular formula is C28H28Cl2N2O6. The number of carbonyl (C=O) groups excluding carboxylic acids is 3. The molecule has 1 amide bonds. The summed E-state index contributed by atoms with van der Waals surface area (Å²) in [6, 6.07) is 11.6. The molecule has 38 heavy (non-hydrogen) atoms. The number of Topliss-reactive ketones (excluding diaryl/α,β-unsaturated/α-hetero) is 1. The van der Waals surface area contributed by atoms with Gasteiger partial charge in [-0.1, -0.05) is 55.2 Å². The average Bonchev–Trinajstić information content (AvgIpc) is 2.83. The summed E-state index contributed by atoms with van der Waals surface area (Å²) in [5.74, 6) is -1.59. The van der Waals surface area contributed by atoms with E-state index in [1.165, 1.54) is 6.07 Å². The first-order valence-corrected chi connectivity index (χ1v) is 12.8. The zero-order valence-electron chi connectivity index (χ0n) is 21.2. The van der Waals surface area contributed by atoms with Crippen molar-refractivity contribution in [2.75, 3.05) is 18.5 Å². The van der Waals surface area contributed by atoms with Crippen LogP contribution in [-0.2, 0) is 23.9 Å². The van der Waals surface area contributed by atoms with Gasteiger partial charge < -0.3 is 25.3 Å². The number of esters is 1. The summed E-state index contributed by atoms with van der Waals surface area (Å²) in [4.78, 5) is 39.1. The summed E-state index contributed by atoms with van der Waals surface area (Å²) in [6.45, 7) is 5.36. The van der Waals surface area contributed by atoms with Crippen LogP contribution in [0.4, 0.5) is 5.69 Å². The highest BCUT2D eigenvalue weighted by atomic mass is 35.5. The normalized spacial score (nSPS) is 18.4. The lowest BCUT2D eigenvalue weighted by molar-refractivity contribution is -0.139. The molecule has 1 aliphatic carbocycles. The quantitative estimate of drug-likeness (QED) is 0.430. The van der Waals surface area contributed by atoms with Gasteiger partial charge in [-0.2, -0.15) is 0 Å². The molecule has 1 heterocycles. The SMILES string of the molecule is CCOC(=O)C1=C(N)OC2=C(C(=O)CC(C)(C)C2)C1c1ccccc1OCC(=O)Nc1ccc(Cl)cc1Cl. The van der Waals surface area contributed by atoms with Gasteiger partial charge in [0.1, 0.15) is 17.1 Å². The number of halogens is 2. The second kappa shape index (κ2) is 11.1. The summed E-state index contributed by atoms with van der Waals surface area (Å²) >= 11 is 12.1. The summed E-state index contributed by atoms with van der Waals surface area (Å²) < 4.78 is 17.0. The number of nitrogens with two attached hydrogens (primary N) is 1. The Morgan fingerprint density at radius 2 is 1.89 bits per heavy atom. The zero-order chi connectivity index (χ0) is 27.6. The molecule has 0 saturated carbocycles. The van der Waals surface area contributed by atoms with Crippen molar-refractivity contribution in [3.8, 4) is 5.75 Å². The molecule has 0 bridgehead atoms. The highest BCUT2D eigenvalue weighted by Gasteiger charge is 2.45. The number of carbonyl (C=O) groups is 3. The van der Waals surface area contributed by atoms with Gasteiger partial charge in [-0.05, 0) is 36.6 Å². The van der Waals surface area contributed by atoms with Crippen LogP contribution in [0.15, 0.2) is 65.3 Å². The van der Waals surface area contributed by atoms with Crippen LogP contribution in [0, 0.1) is 5.41 Å². The van der Waals surface area contributed by atoms with E-state index in [4.69, 9.17) is 43.1 Å². The third kappa shape index (κ3) is 5.81. The molecule has 0 aromatic heterocycles. The zero-order valence-corrected chi connectivity index (χ0v) is 22.7. The van der Waals surface area contributed by atoms with Gasteiger partial charge in [0.05, 0.1) is 23.2 Å². The number of amides is 1. The van der Waals surface area contributed by atoms with Crippen LogP contribution in [0.5, 0.6) is 5.75 Å². The van der Waals surface area contributed by atoms with Gasteiger partial charge >= 0.3 is 5.97 Å². The van der Waals surface area contributed by atoms with Gasteiger partial charge in [0.25, 0.3) is 5.91 Å². The first kappa shape index (κ1) is 27.5. The van der Waals surface area contributed by atoms with Crippen molar-refractivity contribution < 1.29 is 28.6 Å². The molecular weight excluding hydrogens is 531 g/mol. The smallest absolute Gasteiger partial charge is 0.340 e. The number of ether oxygens (including phenoxy) is 3. The number of anilines is 1. The molecule has 1 unspecified atom stereocenters. The summed E-state index contributed by atoms with van der Waals surface area (Å²) in [5, 5.41) is 3.40. The van der Waals surface area contributed by atoms with Crippen molar-refractivity contribution in [1.29, 1.82) is 0 Å². The van der Waals surface area contributed by atoms with Crippen LogP contribution in [0.2, 0.25) is 10.0 Å². The van der Waals surface area contributed by atoms with Gasteiger partial charge in [0.15, 0.2) is 12.4 Å². The van der Waals surface area contributed by atoms with E-state index in [2.05, 4.69) is 5.32 Å². The maximum Gasteiger partial charge on any atom is 0.340 e. The fraction of sp³-hybridized carbons (Fsp3) is 0.321. The summed E-state index contributed by atoms with van der Waals surface area (Å²) in [6.07, 6.45) is 0.740. The maximum atomic E-state index is 13.4. The standard InChI is InChI=1S/C28H28Cl2N2O6/c1-4-36-27(35)25-23(24-19(33)12-28(2,3)13-21(24)38-26(25)31)16-7-5-6-8-20(16)37-14-22(34)32-18-10-9-15(29)11-17(18)30/h5-11,23H,4,12-14,31H2,1-3H3,(H,32,34). The van der Waals surface area contributed by atoms with E-state index in [1.807, 2.05) is 13.8 Å². The van der Waals surface area contributed by atoms with E-state index >= 15 is 0 Å². The Balaban J connectivity index is 1.68. The van der Waals surface area contributed by atoms with Crippen molar-refractivity contribution >= 4 is 46.5 Å². The Morgan fingerprint density at radius 1 is 1.16 bits per heavy atom. The van der Waals surface area contributed by atoms with Crippen LogP contribution in [0.3, 0.4) is 0 Å². The fourth-order valence-corrected chi connectivity index (χ4v) is 5.13. The van der Waals surface area contributed by atoms with E-state index in [-0.39, 0.29) is 47.3 Å². The van der Waals surface area contributed by atoms with E-state index in [0.29, 0.717) is 39.8 Å². The Kier molecular flexibility index (Phi) is 8.04. The van der Waals surface area contributed by atoms with Crippen LogP contribution < -0.4 is 15.8 Å². The molecule has 2 aliphatic rings. The molecule has 0 radical (unpaired) electrons. The van der Waals surface area contributed by atoms with Crippen LogP contribution in [0.1, 0.15) is 45.1 Å². The third-order valence-corrected chi connectivity index (χ3v) is 6.79. The lowest BCUT2D eigenvalue weighted by Gasteiger charge is -2.38. The minimum absolute atomic E-state index is 0.0205. The first-order chi connectivity index (χ1) is 18.0. The second-order valence-corrected chi connectivity index (χ2v) is 10.7. The number of rotatable bonds is 7. The monoisotopic (exact) mass is 558 g/mol. The van der Waals surface area contributed by atoms with Crippen molar-refractivity contribution in [2.24, 2.45) is 11.1 Å². The highest BCUT2D eigenvalue weighted by molar-refractivity contribution is 6.36. The van der Waals surface area contributed by atoms with E-state index in [0.717, 1.165) is 0 Å². The predicted octanol–water partition coefficient (Wildman–Crippen LogP) is 5.50. The molecule has 1 atom stereocenters. The summed E-state index contributed by atoms with van der Waals surface area (Å²) in [7, 11) is 0. The lowest BCUT2D eigenvalue weighted by Crippen LogP contribution is -2.36. The average molecular weight is 559 g/mol. The molecule has 8 nitrogen and oxygen atoms in total. The number of para-hydroxylation sites is 1. The fourth-order valence-electron chi connectivity index (χ4n) is 4.67. The largest absolute Gasteiger partial charge is 0.483 e. The maximum absolute atomic E-state index is 13.4. The van der Waals surface area contributed by atoms with E-state index < -0.39 is 17.8 Å². The lowest BCUT2D eigenvalue weighted by atomic mass is 9.70. The summed E-state index contributed by atoms with van der Waals surface area (Å²) in [5.41, 5.74) is 7.14. The van der Waals surface area contributed by atoms with Gasteiger partial charge in [-0.3, -0.25) is 9.59 Å². The minimum atomic E-state index is -0.883. The Bertz CT molecular complexity index is 1360. The van der Waals surface area contributed by atoms with Gasteiger partial charge in [-0.25, -0.2) is 4.79 Å². The Morgan fingerprint density at radius 3 is 2.61 bits per heavy atom. The number of benzene rings is 2. The molecule has 3 N–H and O–H groups in total. The molecule has 10 heteroatoms. The molecule has 0 saturated heterocycles.